The summed E-state index contributed by atoms with van der Waals surface area (Å²) in [7, 11) is 0. The largest absolute Gasteiger partial charge is 0.389 e. The van der Waals surface area contributed by atoms with Gasteiger partial charge in [0.25, 0.3) is 0 Å². The normalized spacial score (nSPS) is 11.2. The molecule has 1 aromatic rings. The number of hydrogen-bond acceptors (Lipinski definition) is 2. The summed E-state index contributed by atoms with van der Waals surface area (Å²) in [6.07, 6.45) is 0. The Balaban J connectivity index is 2.80. The summed E-state index contributed by atoms with van der Waals surface area (Å²) >= 11 is 4.95. The van der Waals surface area contributed by atoms with Gasteiger partial charge in [0.1, 0.15) is 4.99 Å². The minimum atomic E-state index is 0.272. The minimum Gasteiger partial charge on any atom is -0.389 e. The van der Waals surface area contributed by atoms with E-state index in [2.05, 4.69) is 33.0 Å². The second kappa shape index (κ2) is 4.83. The van der Waals surface area contributed by atoms with Gasteiger partial charge in [0.2, 0.25) is 0 Å². The van der Waals surface area contributed by atoms with Crippen molar-refractivity contribution in [1.29, 1.82) is 0 Å². The average Bonchev–Trinajstić information content (AvgIpc) is 2.14. The summed E-state index contributed by atoms with van der Waals surface area (Å²) in [6, 6.07) is 6.02. The summed E-state index contributed by atoms with van der Waals surface area (Å²) in [4.78, 5) is 0.450. The Hall–Kier alpha value is -1.09. The summed E-state index contributed by atoms with van der Waals surface area (Å²) in [6.45, 7) is 9.63. The van der Waals surface area contributed by atoms with E-state index in [9.17, 15) is 0 Å². The lowest BCUT2D eigenvalue weighted by atomic mass is 9.96. The topological polar surface area (TPSA) is 38.0 Å². The zero-order valence-corrected chi connectivity index (χ0v) is 11.2. The van der Waals surface area contributed by atoms with Gasteiger partial charge in [-0.1, -0.05) is 33.0 Å². The predicted molar refractivity (Wildman–Crippen MR) is 75.0 cm³/mol. The number of hydrogen-bond donors (Lipinski definition) is 2. The molecule has 0 aromatic heterocycles. The molecule has 0 aliphatic rings. The maximum Gasteiger partial charge on any atom is 0.103 e. The summed E-state index contributed by atoms with van der Waals surface area (Å²) in [5.41, 5.74) is 9.11. The number of aryl methyl sites for hydroxylation is 1. The fourth-order valence-electron chi connectivity index (χ4n) is 1.38. The highest BCUT2D eigenvalue weighted by atomic mass is 32.1. The SMILES string of the molecule is Cc1cc(C(N)=S)ccc1NCC(C)(C)C. The van der Waals surface area contributed by atoms with Gasteiger partial charge in [-0.2, -0.15) is 0 Å². The van der Waals surface area contributed by atoms with Crippen LogP contribution in [0.2, 0.25) is 0 Å². The van der Waals surface area contributed by atoms with E-state index in [0.29, 0.717) is 4.99 Å². The van der Waals surface area contributed by atoms with Gasteiger partial charge < -0.3 is 11.1 Å². The molecule has 16 heavy (non-hydrogen) atoms. The van der Waals surface area contributed by atoms with Crippen molar-refractivity contribution in [2.75, 3.05) is 11.9 Å². The van der Waals surface area contributed by atoms with Gasteiger partial charge in [0, 0.05) is 17.8 Å². The number of benzene rings is 1. The molecule has 3 heteroatoms. The molecule has 0 atom stereocenters. The number of thiocarbonyl (C=S) groups is 1. The molecule has 2 nitrogen and oxygen atoms in total. The van der Waals surface area contributed by atoms with Gasteiger partial charge in [0.15, 0.2) is 0 Å². The number of nitrogens with two attached hydrogens (primary N) is 1. The third-order valence-electron chi connectivity index (χ3n) is 2.32. The van der Waals surface area contributed by atoms with Crippen LogP contribution in [0.1, 0.15) is 31.9 Å². The highest BCUT2D eigenvalue weighted by Gasteiger charge is 2.10. The van der Waals surface area contributed by atoms with E-state index in [4.69, 9.17) is 18.0 Å². The average molecular weight is 236 g/mol. The first-order valence-electron chi connectivity index (χ1n) is 5.44. The second-order valence-corrected chi connectivity index (χ2v) is 5.75. The molecule has 0 aliphatic carbocycles. The first-order chi connectivity index (χ1) is 7.29. The van der Waals surface area contributed by atoms with Gasteiger partial charge >= 0.3 is 0 Å². The molecule has 1 aromatic carbocycles. The van der Waals surface area contributed by atoms with Gasteiger partial charge in [-0.05, 0) is 36.1 Å². The van der Waals surface area contributed by atoms with Gasteiger partial charge in [-0.15, -0.1) is 0 Å². The van der Waals surface area contributed by atoms with Crippen LogP contribution in [-0.2, 0) is 0 Å². The molecule has 0 fully saturated rings. The van der Waals surface area contributed by atoms with Crippen LogP contribution >= 0.6 is 12.2 Å². The quantitative estimate of drug-likeness (QED) is 0.792. The predicted octanol–water partition coefficient (Wildman–Crippen LogP) is 3.09. The Labute approximate surface area is 103 Å². The highest BCUT2D eigenvalue weighted by molar-refractivity contribution is 7.80. The van der Waals surface area contributed by atoms with Crippen molar-refractivity contribution in [3.05, 3.63) is 29.3 Å². The lowest BCUT2D eigenvalue weighted by Crippen LogP contribution is -2.19. The Morgan fingerprint density at radius 2 is 2.00 bits per heavy atom. The highest BCUT2D eigenvalue weighted by Crippen LogP contribution is 2.19. The van der Waals surface area contributed by atoms with Crippen LogP contribution in [0.25, 0.3) is 0 Å². The Kier molecular flexibility index (Phi) is 3.92. The van der Waals surface area contributed by atoms with E-state index < -0.39 is 0 Å². The maximum absolute atomic E-state index is 5.59. The van der Waals surface area contributed by atoms with Crippen molar-refractivity contribution < 1.29 is 0 Å². The number of anilines is 1. The van der Waals surface area contributed by atoms with E-state index in [1.54, 1.807) is 0 Å². The summed E-state index contributed by atoms with van der Waals surface area (Å²) in [5, 5.41) is 3.43. The molecule has 1 rings (SSSR count). The van der Waals surface area contributed by atoms with Crippen molar-refractivity contribution in [3.8, 4) is 0 Å². The smallest absolute Gasteiger partial charge is 0.103 e. The lowest BCUT2D eigenvalue weighted by Gasteiger charge is -2.20. The molecule has 0 heterocycles. The lowest BCUT2D eigenvalue weighted by molar-refractivity contribution is 0.443. The number of nitrogens with one attached hydrogen (secondary N) is 1. The molecule has 88 valence electrons. The first kappa shape index (κ1) is 13.0. The van der Waals surface area contributed by atoms with Crippen molar-refractivity contribution in [1.82, 2.24) is 0 Å². The summed E-state index contributed by atoms with van der Waals surface area (Å²) < 4.78 is 0. The molecule has 0 saturated carbocycles. The van der Waals surface area contributed by atoms with Crippen LogP contribution in [0, 0.1) is 12.3 Å². The van der Waals surface area contributed by atoms with Crippen LogP contribution < -0.4 is 11.1 Å². The van der Waals surface area contributed by atoms with E-state index in [1.807, 2.05) is 18.2 Å². The van der Waals surface area contributed by atoms with E-state index in [1.165, 1.54) is 5.56 Å². The van der Waals surface area contributed by atoms with Crippen LogP contribution in [-0.4, -0.2) is 11.5 Å². The molecule has 0 bridgehead atoms. The zero-order valence-electron chi connectivity index (χ0n) is 10.4. The molecule has 3 N–H and O–H groups in total. The van der Waals surface area contributed by atoms with Crippen molar-refractivity contribution in [3.63, 3.8) is 0 Å². The molecule has 0 spiro atoms. The fourth-order valence-corrected chi connectivity index (χ4v) is 1.50. The van der Waals surface area contributed by atoms with Gasteiger partial charge in [-0.3, -0.25) is 0 Å². The molecule has 0 unspecified atom stereocenters. The Bertz CT molecular complexity index is 391. The second-order valence-electron chi connectivity index (χ2n) is 5.31. The molecule has 0 aliphatic heterocycles. The van der Waals surface area contributed by atoms with Crippen LogP contribution in [0.3, 0.4) is 0 Å². The third-order valence-corrected chi connectivity index (χ3v) is 2.56. The Morgan fingerprint density at radius 1 is 1.38 bits per heavy atom. The first-order valence-corrected chi connectivity index (χ1v) is 5.85. The number of rotatable bonds is 3. The fraction of sp³-hybridized carbons (Fsp3) is 0.462. The molecule has 0 radical (unpaired) electrons. The minimum absolute atomic E-state index is 0.272. The van der Waals surface area contributed by atoms with Crippen molar-refractivity contribution in [2.24, 2.45) is 11.1 Å². The molecular formula is C13H20N2S. The van der Waals surface area contributed by atoms with Crippen molar-refractivity contribution >= 4 is 22.9 Å². The van der Waals surface area contributed by atoms with Crippen molar-refractivity contribution in [2.45, 2.75) is 27.7 Å². The van der Waals surface area contributed by atoms with Gasteiger partial charge in [-0.25, -0.2) is 0 Å². The monoisotopic (exact) mass is 236 g/mol. The molecule has 0 saturated heterocycles. The van der Waals surface area contributed by atoms with Crippen LogP contribution in [0.4, 0.5) is 5.69 Å². The zero-order chi connectivity index (χ0) is 12.3. The molecule has 0 amide bonds. The third kappa shape index (κ3) is 3.81. The maximum atomic E-state index is 5.59. The van der Waals surface area contributed by atoms with Gasteiger partial charge in [0.05, 0.1) is 0 Å². The van der Waals surface area contributed by atoms with E-state index in [-0.39, 0.29) is 5.41 Å². The van der Waals surface area contributed by atoms with E-state index >= 15 is 0 Å². The van der Waals surface area contributed by atoms with Crippen LogP contribution in [0.5, 0.6) is 0 Å². The summed E-state index contributed by atoms with van der Waals surface area (Å²) in [5.74, 6) is 0. The molecular weight excluding hydrogens is 216 g/mol. The van der Waals surface area contributed by atoms with Crippen LogP contribution in [0.15, 0.2) is 18.2 Å². The Morgan fingerprint density at radius 3 is 2.44 bits per heavy atom. The standard InChI is InChI=1S/C13H20N2S/c1-9-7-10(12(14)16)5-6-11(9)15-8-13(2,3)4/h5-7,15H,8H2,1-4H3,(H2,14,16). The van der Waals surface area contributed by atoms with E-state index in [0.717, 1.165) is 17.8 Å².